The van der Waals surface area contributed by atoms with E-state index in [4.69, 9.17) is 14.8 Å². The van der Waals surface area contributed by atoms with E-state index in [1.165, 1.54) is 0 Å². The van der Waals surface area contributed by atoms with Crippen LogP contribution in [0.2, 0.25) is 0 Å². The van der Waals surface area contributed by atoms with E-state index in [9.17, 15) is 14.2 Å². The number of hydrogen-bond donors (Lipinski definition) is 2. The molecule has 0 spiro atoms. The molecule has 24 heavy (non-hydrogen) atoms. The lowest BCUT2D eigenvalue weighted by atomic mass is 10.1. The zero-order valence-corrected chi connectivity index (χ0v) is 15.5. The Morgan fingerprint density at radius 1 is 1.08 bits per heavy atom. The molecule has 0 heterocycles. The summed E-state index contributed by atoms with van der Waals surface area (Å²) in [6.45, 7) is 8.35. The number of benzene rings is 1. The number of hydrogen-bond acceptors (Lipinski definition) is 5. The second-order valence-electron chi connectivity index (χ2n) is 5.94. The van der Waals surface area contributed by atoms with E-state index in [0.29, 0.717) is 11.1 Å². The zero-order chi connectivity index (χ0) is 18.5. The van der Waals surface area contributed by atoms with Gasteiger partial charge in [0, 0.05) is 5.56 Å². The van der Waals surface area contributed by atoms with E-state index < -0.39 is 37.4 Å². The van der Waals surface area contributed by atoms with Crippen molar-refractivity contribution in [1.29, 1.82) is 0 Å². The third kappa shape index (κ3) is 5.44. The third-order valence-corrected chi connectivity index (χ3v) is 5.41. The molecule has 0 radical (unpaired) electrons. The van der Waals surface area contributed by atoms with Crippen molar-refractivity contribution in [3.8, 4) is 0 Å². The minimum Gasteiger partial charge on any atom is -0.367 e. The van der Waals surface area contributed by atoms with Crippen LogP contribution in [0.5, 0.6) is 0 Å². The monoisotopic (exact) mass is 356 g/mol. The van der Waals surface area contributed by atoms with Crippen LogP contribution in [-0.2, 0) is 18.4 Å². The standard InChI is InChI=1S/C16H25N2O5P/c1-10(2)22-24(21,23-11(3)4)16(14(17)19)18-15(20)13-9-7-6-8-12(13)5/h6-11,16H,1-5H3,(H2,17,19)(H,18,20)/t16-/m1/s1. The van der Waals surface area contributed by atoms with Gasteiger partial charge >= 0.3 is 7.60 Å². The quantitative estimate of drug-likeness (QED) is 0.696. The molecule has 2 amide bonds. The molecular weight excluding hydrogens is 331 g/mol. The number of aryl methyl sites for hydroxylation is 1. The van der Waals surface area contributed by atoms with Crippen molar-refractivity contribution in [2.45, 2.75) is 52.6 Å². The van der Waals surface area contributed by atoms with Gasteiger partial charge in [0.05, 0.1) is 12.2 Å². The van der Waals surface area contributed by atoms with Crippen LogP contribution in [0.4, 0.5) is 0 Å². The maximum Gasteiger partial charge on any atom is 0.362 e. The van der Waals surface area contributed by atoms with Crippen molar-refractivity contribution >= 4 is 19.4 Å². The average molecular weight is 356 g/mol. The molecule has 0 aromatic heterocycles. The van der Waals surface area contributed by atoms with E-state index in [0.717, 1.165) is 0 Å². The van der Waals surface area contributed by atoms with Crippen LogP contribution in [0, 0.1) is 6.92 Å². The van der Waals surface area contributed by atoms with Crippen molar-refractivity contribution in [3.63, 3.8) is 0 Å². The summed E-state index contributed by atoms with van der Waals surface area (Å²) >= 11 is 0. The maximum atomic E-state index is 13.1. The minimum absolute atomic E-state index is 0.351. The van der Waals surface area contributed by atoms with Gasteiger partial charge in [-0.25, -0.2) is 0 Å². The van der Waals surface area contributed by atoms with E-state index in [-0.39, 0.29) is 0 Å². The summed E-state index contributed by atoms with van der Waals surface area (Å²) in [6.07, 6.45) is -0.960. The minimum atomic E-state index is -3.99. The number of rotatable bonds is 8. The Morgan fingerprint density at radius 3 is 2.00 bits per heavy atom. The topological polar surface area (TPSA) is 108 Å². The molecule has 0 saturated carbocycles. The predicted octanol–water partition coefficient (Wildman–Crippen LogP) is 2.58. The highest BCUT2D eigenvalue weighted by Gasteiger charge is 2.43. The molecular formula is C16H25N2O5P. The van der Waals surface area contributed by atoms with Crippen molar-refractivity contribution in [1.82, 2.24) is 5.32 Å². The van der Waals surface area contributed by atoms with Gasteiger partial charge in [0.2, 0.25) is 5.78 Å². The van der Waals surface area contributed by atoms with Crippen molar-refractivity contribution in [3.05, 3.63) is 35.4 Å². The first-order valence-corrected chi connectivity index (χ1v) is 9.30. The summed E-state index contributed by atoms with van der Waals surface area (Å²) in [5, 5.41) is 2.40. The average Bonchev–Trinajstić information content (AvgIpc) is 2.42. The molecule has 0 aliphatic carbocycles. The lowest BCUT2D eigenvalue weighted by molar-refractivity contribution is -0.118. The molecule has 7 nitrogen and oxygen atoms in total. The Bertz CT molecular complexity index is 631. The van der Waals surface area contributed by atoms with Crippen LogP contribution in [0.3, 0.4) is 0 Å². The fourth-order valence-electron chi connectivity index (χ4n) is 2.07. The summed E-state index contributed by atoms with van der Waals surface area (Å²) in [7, 11) is -3.99. The molecule has 0 unspecified atom stereocenters. The van der Waals surface area contributed by atoms with Crippen molar-refractivity contribution < 1.29 is 23.2 Å². The lowest BCUT2D eigenvalue weighted by Crippen LogP contribution is -2.45. The van der Waals surface area contributed by atoms with E-state index in [1.807, 2.05) is 0 Å². The number of amides is 2. The molecule has 1 rings (SSSR count). The highest BCUT2D eigenvalue weighted by Crippen LogP contribution is 2.54. The number of carbonyl (C=O) groups is 2. The molecule has 0 aliphatic rings. The fourth-order valence-corrected chi connectivity index (χ4v) is 4.13. The van der Waals surface area contributed by atoms with Gasteiger partial charge in [-0.15, -0.1) is 0 Å². The predicted molar refractivity (Wildman–Crippen MR) is 91.7 cm³/mol. The Balaban J connectivity index is 3.15. The smallest absolute Gasteiger partial charge is 0.362 e. The summed E-state index contributed by atoms with van der Waals surface area (Å²) in [4.78, 5) is 24.3. The van der Waals surface area contributed by atoms with Crippen LogP contribution < -0.4 is 11.1 Å². The van der Waals surface area contributed by atoms with Crippen molar-refractivity contribution in [2.75, 3.05) is 0 Å². The van der Waals surface area contributed by atoms with E-state index in [1.54, 1.807) is 58.9 Å². The van der Waals surface area contributed by atoms with E-state index in [2.05, 4.69) is 5.32 Å². The van der Waals surface area contributed by atoms with Crippen LogP contribution in [0.1, 0.15) is 43.6 Å². The van der Waals surface area contributed by atoms with Gasteiger partial charge in [-0.1, -0.05) is 18.2 Å². The molecule has 0 bridgehead atoms. The SMILES string of the molecule is Cc1ccccc1C(=O)N[C@@H](C(N)=O)P(=O)(OC(C)C)OC(C)C. The Morgan fingerprint density at radius 2 is 1.58 bits per heavy atom. The maximum absolute atomic E-state index is 13.1. The molecule has 3 N–H and O–H groups in total. The van der Waals surface area contributed by atoms with Gasteiger partial charge in [-0.05, 0) is 46.2 Å². The van der Waals surface area contributed by atoms with Crippen LogP contribution >= 0.6 is 7.60 Å². The second-order valence-corrected chi connectivity index (χ2v) is 7.96. The van der Waals surface area contributed by atoms with E-state index >= 15 is 0 Å². The summed E-state index contributed by atoms with van der Waals surface area (Å²) in [5.41, 5.74) is 6.41. The number of nitrogens with two attached hydrogens (primary N) is 1. The lowest BCUT2D eigenvalue weighted by Gasteiger charge is -2.28. The number of nitrogens with one attached hydrogen (secondary N) is 1. The highest BCUT2D eigenvalue weighted by molar-refractivity contribution is 7.55. The first kappa shape index (κ1) is 20.4. The zero-order valence-electron chi connectivity index (χ0n) is 14.6. The molecule has 0 fully saturated rings. The van der Waals surface area contributed by atoms with Crippen LogP contribution in [0.15, 0.2) is 24.3 Å². The second kappa shape index (κ2) is 8.42. The number of carbonyl (C=O) groups excluding carboxylic acids is 2. The van der Waals surface area contributed by atoms with Crippen LogP contribution in [-0.4, -0.2) is 29.8 Å². The normalized spacial score (nSPS) is 13.1. The summed E-state index contributed by atoms with van der Waals surface area (Å²) < 4.78 is 23.8. The first-order chi connectivity index (χ1) is 11.1. The third-order valence-electron chi connectivity index (χ3n) is 2.96. The molecule has 1 aromatic carbocycles. The Labute approximate surface area is 142 Å². The fraction of sp³-hybridized carbons (Fsp3) is 0.500. The summed E-state index contributed by atoms with van der Waals surface area (Å²) in [5.74, 6) is -3.13. The van der Waals surface area contributed by atoms with Gasteiger partial charge in [0.25, 0.3) is 11.8 Å². The molecule has 0 aliphatic heterocycles. The van der Waals surface area contributed by atoms with Gasteiger partial charge in [-0.3, -0.25) is 14.2 Å². The highest BCUT2D eigenvalue weighted by atomic mass is 31.2. The first-order valence-electron chi connectivity index (χ1n) is 7.69. The van der Waals surface area contributed by atoms with Gasteiger partial charge < -0.3 is 20.1 Å². The molecule has 1 atom stereocenters. The molecule has 1 aromatic rings. The molecule has 8 heteroatoms. The van der Waals surface area contributed by atoms with Gasteiger partial charge in [-0.2, -0.15) is 0 Å². The largest absolute Gasteiger partial charge is 0.367 e. The van der Waals surface area contributed by atoms with Gasteiger partial charge in [0.15, 0.2) is 0 Å². The Hall–Kier alpha value is -1.69. The molecule has 0 saturated heterocycles. The Kier molecular flexibility index (Phi) is 7.14. The van der Waals surface area contributed by atoms with Gasteiger partial charge in [0.1, 0.15) is 0 Å². The van der Waals surface area contributed by atoms with Crippen LogP contribution in [0.25, 0.3) is 0 Å². The number of primary amides is 1. The molecule has 134 valence electrons. The summed E-state index contributed by atoms with van der Waals surface area (Å²) in [6, 6.07) is 6.82. The van der Waals surface area contributed by atoms with Crippen molar-refractivity contribution in [2.24, 2.45) is 5.73 Å².